The zero-order valence-corrected chi connectivity index (χ0v) is 18.4. The molecule has 0 unspecified atom stereocenters. The van der Waals surface area contributed by atoms with Gasteiger partial charge >= 0.3 is 0 Å². The standard InChI is InChI=1S/C27H18FN5O2/c28-18-10-6-9-17(13-18)24-23-26(29)30-15-31-27(23)33(32-24)14-21-22(16-7-2-1-3-8-16)25(34)19-11-4-5-12-20(19)35-21/h1-13,15H,14H2,(H2,29,30,31). The number of hydrogen-bond acceptors (Lipinski definition) is 6. The quantitative estimate of drug-likeness (QED) is 0.393. The summed E-state index contributed by atoms with van der Waals surface area (Å²) in [6.07, 6.45) is 1.35. The third-order valence-electron chi connectivity index (χ3n) is 5.88. The molecule has 0 spiro atoms. The van der Waals surface area contributed by atoms with Crippen molar-refractivity contribution in [3.8, 4) is 22.4 Å². The number of nitrogens with zero attached hydrogens (tertiary/aromatic N) is 4. The van der Waals surface area contributed by atoms with Crippen molar-refractivity contribution >= 4 is 27.8 Å². The summed E-state index contributed by atoms with van der Waals surface area (Å²) in [5.74, 6) is 0.253. The maximum atomic E-state index is 14.0. The fraction of sp³-hybridized carbons (Fsp3) is 0.0370. The first-order valence-corrected chi connectivity index (χ1v) is 10.9. The first-order valence-electron chi connectivity index (χ1n) is 10.9. The molecule has 0 aliphatic heterocycles. The molecule has 170 valence electrons. The second kappa shape index (κ2) is 8.18. The molecular weight excluding hydrogens is 445 g/mol. The number of para-hydroxylation sites is 1. The predicted octanol–water partition coefficient (Wildman–Crippen LogP) is 5.04. The Morgan fingerprint density at radius 2 is 1.69 bits per heavy atom. The van der Waals surface area contributed by atoms with Crippen molar-refractivity contribution in [2.24, 2.45) is 0 Å². The third-order valence-corrected chi connectivity index (χ3v) is 5.88. The normalized spacial score (nSPS) is 11.3. The second-order valence-electron chi connectivity index (χ2n) is 8.07. The number of anilines is 1. The predicted molar refractivity (Wildman–Crippen MR) is 132 cm³/mol. The molecule has 2 N–H and O–H groups in total. The number of nitrogen functional groups attached to an aromatic ring is 1. The van der Waals surface area contributed by atoms with Crippen LogP contribution in [0.2, 0.25) is 0 Å². The van der Waals surface area contributed by atoms with Gasteiger partial charge in [0.05, 0.1) is 16.3 Å². The van der Waals surface area contributed by atoms with Crippen molar-refractivity contribution in [1.82, 2.24) is 19.7 Å². The summed E-state index contributed by atoms with van der Waals surface area (Å²) in [6.45, 7) is 0.104. The molecule has 0 saturated heterocycles. The van der Waals surface area contributed by atoms with Gasteiger partial charge < -0.3 is 10.2 Å². The van der Waals surface area contributed by atoms with E-state index < -0.39 is 5.82 Å². The summed E-state index contributed by atoms with van der Waals surface area (Å²) in [7, 11) is 0. The average Bonchev–Trinajstić information content (AvgIpc) is 3.24. The maximum absolute atomic E-state index is 14.0. The van der Waals surface area contributed by atoms with Crippen LogP contribution in [0.25, 0.3) is 44.4 Å². The van der Waals surface area contributed by atoms with Crippen LogP contribution in [0.1, 0.15) is 5.76 Å². The molecule has 6 aromatic rings. The maximum Gasteiger partial charge on any atom is 0.200 e. The number of benzene rings is 3. The van der Waals surface area contributed by atoms with Gasteiger partial charge in [-0.25, -0.2) is 19.0 Å². The van der Waals surface area contributed by atoms with Crippen molar-refractivity contribution in [3.63, 3.8) is 0 Å². The Morgan fingerprint density at radius 3 is 2.51 bits per heavy atom. The SMILES string of the molecule is Nc1ncnc2c1c(-c1cccc(F)c1)nn2Cc1oc2ccccc2c(=O)c1-c1ccccc1. The van der Waals surface area contributed by atoms with Gasteiger partial charge in [0.2, 0.25) is 5.43 Å². The summed E-state index contributed by atoms with van der Waals surface area (Å²) in [6, 6.07) is 22.6. The number of aromatic nitrogens is 4. The minimum Gasteiger partial charge on any atom is -0.458 e. The topological polar surface area (TPSA) is 99.8 Å². The van der Waals surface area contributed by atoms with Crippen LogP contribution in [-0.4, -0.2) is 19.7 Å². The summed E-state index contributed by atoms with van der Waals surface area (Å²) >= 11 is 0. The van der Waals surface area contributed by atoms with Crippen LogP contribution in [0.4, 0.5) is 10.2 Å². The Kier molecular flexibility index (Phi) is 4.84. The zero-order chi connectivity index (χ0) is 23.9. The molecule has 3 aromatic carbocycles. The average molecular weight is 463 g/mol. The van der Waals surface area contributed by atoms with E-state index in [4.69, 9.17) is 15.2 Å². The van der Waals surface area contributed by atoms with Gasteiger partial charge in [-0.3, -0.25) is 4.79 Å². The number of hydrogen-bond donors (Lipinski definition) is 1. The van der Waals surface area contributed by atoms with E-state index in [9.17, 15) is 9.18 Å². The Bertz CT molecular complexity index is 1780. The summed E-state index contributed by atoms with van der Waals surface area (Å²) in [5.41, 5.74) is 9.14. The lowest BCUT2D eigenvalue weighted by Gasteiger charge is -2.11. The number of rotatable bonds is 4. The molecule has 0 aliphatic rings. The van der Waals surface area contributed by atoms with Gasteiger partial charge in [0.1, 0.15) is 41.5 Å². The lowest BCUT2D eigenvalue weighted by atomic mass is 10.0. The highest BCUT2D eigenvalue weighted by molar-refractivity contribution is 5.98. The van der Waals surface area contributed by atoms with Crippen molar-refractivity contribution < 1.29 is 8.81 Å². The van der Waals surface area contributed by atoms with Crippen LogP contribution >= 0.6 is 0 Å². The Balaban J connectivity index is 1.60. The van der Waals surface area contributed by atoms with Gasteiger partial charge in [0, 0.05) is 5.56 Å². The minimum atomic E-state index is -0.396. The van der Waals surface area contributed by atoms with E-state index in [1.807, 2.05) is 36.4 Å². The third kappa shape index (κ3) is 3.52. The van der Waals surface area contributed by atoms with Crippen molar-refractivity contribution in [2.45, 2.75) is 6.54 Å². The Morgan fingerprint density at radius 1 is 0.914 bits per heavy atom. The van der Waals surface area contributed by atoms with Crippen molar-refractivity contribution in [3.05, 3.63) is 107 Å². The van der Waals surface area contributed by atoms with E-state index in [1.165, 1.54) is 18.5 Å². The molecular formula is C27H18FN5O2. The van der Waals surface area contributed by atoms with Gasteiger partial charge in [-0.2, -0.15) is 5.10 Å². The van der Waals surface area contributed by atoms with E-state index in [0.717, 1.165) is 5.56 Å². The highest BCUT2D eigenvalue weighted by atomic mass is 19.1. The van der Waals surface area contributed by atoms with E-state index >= 15 is 0 Å². The van der Waals surface area contributed by atoms with Crippen LogP contribution in [0, 0.1) is 5.82 Å². The molecule has 0 radical (unpaired) electrons. The highest BCUT2D eigenvalue weighted by Gasteiger charge is 2.21. The number of nitrogens with two attached hydrogens (primary N) is 1. The molecule has 3 aromatic heterocycles. The van der Waals surface area contributed by atoms with E-state index in [2.05, 4.69) is 9.97 Å². The lowest BCUT2D eigenvalue weighted by Crippen LogP contribution is -2.12. The fourth-order valence-corrected chi connectivity index (χ4v) is 4.31. The van der Waals surface area contributed by atoms with Gasteiger partial charge in [-0.15, -0.1) is 0 Å². The summed E-state index contributed by atoms with van der Waals surface area (Å²) in [5, 5.41) is 5.70. The van der Waals surface area contributed by atoms with Gasteiger partial charge in [-0.05, 0) is 29.8 Å². The summed E-state index contributed by atoms with van der Waals surface area (Å²) in [4.78, 5) is 22.0. The van der Waals surface area contributed by atoms with Crippen molar-refractivity contribution in [1.29, 1.82) is 0 Å². The molecule has 8 heteroatoms. The van der Waals surface area contributed by atoms with E-state index in [0.29, 0.717) is 44.6 Å². The van der Waals surface area contributed by atoms with Crippen LogP contribution in [0.15, 0.2) is 94.4 Å². The molecule has 0 aliphatic carbocycles. The molecule has 0 amide bonds. The van der Waals surface area contributed by atoms with Crippen LogP contribution in [-0.2, 0) is 6.54 Å². The number of fused-ring (bicyclic) bond motifs is 2. The number of halogens is 1. The van der Waals surface area contributed by atoms with E-state index in [-0.39, 0.29) is 17.8 Å². The summed E-state index contributed by atoms with van der Waals surface area (Å²) < 4.78 is 21.8. The van der Waals surface area contributed by atoms with Gasteiger partial charge in [-0.1, -0.05) is 54.6 Å². The Labute approximate surface area is 198 Å². The van der Waals surface area contributed by atoms with Crippen LogP contribution in [0.5, 0.6) is 0 Å². The molecule has 0 bridgehead atoms. The van der Waals surface area contributed by atoms with Crippen molar-refractivity contribution in [2.75, 3.05) is 5.73 Å². The molecule has 6 rings (SSSR count). The molecule has 35 heavy (non-hydrogen) atoms. The first-order chi connectivity index (χ1) is 17.1. The first kappa shape index (κ1) is 20.7. The minimum absolute atomic E-state index is 0.104. The molecule has 7 nitrogen and oxygen atoms in total. The molecule has 0 fully saturated rings. The molecule has 0 saturated carbocycles. The van der Waals surface area contributed by atoms with E-state index in [1.54, 1.807) is 35.0 Å². The fourth-order valence-electron chi connectivity index (χ4n) is 4.31. The van der Waals surface area contributed by atoms with Crippen LogP contribution < -0.4 is 11.2 Å². The van der Waals surface area contributed by atoms with Gasteiger partial charge in [0.15, 0.2) is 5.65 Å². The second-order valence-corrected chi connectivity index (χ2v) is 8.07. The van der Waals surface area contributed by atoms with Crippen LogP contribution in [0.3, 0.4) is 0 Å². The zero-order valence-electron chi connectivity index (χ0n) is 18.4. The highest BCUT2D eigenvalue weighted by Crippen LogP contribution is 2.32. The molecule has 0 atom stereocenters. The molecule has 3 heterocycles. The lowest BCUT2D eigenvalue weighted by molar-refractivity contribution is 0.506. The van der Waals surface area contributed by atoms with Gasteiger partial charge in [0.25, 0.3) is 0 Å². The smallest absolute Gasteiger partial charge is 0.200 e. The largest absolute Gasteiger partial charge is 0.458 e. The Hall–Kier alpha value is -4.85. The monoisotopic (exact) mass is 463 g/mol.